The van der Waals surface area contributed by atoms with Gasteiger partial charge in [-0.1, -0.05) is 54.6 Å². The lowest BCUT2D eigenvalue weighted by Crippen LogP contribution is -2.22. The van der Waals surface area contributed by atoms with E-state index < -0.39 is 0 Å². The zero-order valence-electron chi connectivity index (χ0n) is 14.2. The van der Waals surface area contributed by atoms with E-state index in [0.29, 0.717) is 13.0 Å². The summed E-state index contributed by atoms with van der Waals surface area (Å²) < 4.78 is 1.74. The Hall–Kier alpha value is -3.02. The van der Waals surface area contributed by atoms with Crippen LogP contribution in [0.15, 0.2) is 59.7 Å². The van der Waals surface area contributed by atoms with Crippen molar-refractivity contribution in [2.24, 2.45) is 5.10 Å². The fourth-order valence-corrected chi connectivity index (χ4v) is 2.56. The summed E-state index contributed by atoms with van der Waals surface area (Å²) in [7, 11) is 0. The van der Waals surface area contributed by atoms with Crippen molar-refractivity contribution < 1.29 is 4.79 Å². The second kappa shape index (κ2) is 8.19. The van der Waals surface area contributed by atoms with Crippen LogP contribution < -0.4 is 5.43 Å². The van der Waals surface area contributed by atoms with Crippen LogP contribution in [0.3, 0.4) is 0 Å². The summed E-state index contributed by atoms with van der Waals surface area (Å²) in [6, 6.07) is 17.8. The van der Waals surface area contributed by atoms with Gasteiger partial charge in [-0.05, 0) is 24.1 Å². The van der Waals surface area contributed by atoms with Crippen molar-refractivity contribution in [1.82, 2.24) is 20.4 Å². The van der Waals surface area contributed by atoms with Gasteiger partial charge < -0.3 is 0 Å². The first-order chi connectivity index (χ1) is 12.3. The number of fused-ring (bicyclic) bond motifs is 1. The number of hydrogen-bond acceptors (Lipinski definition) is 4. The minimum absolute atomic E-state index is 0.126. The third-order valence-corrected chi connectivity index (χ3v) is 3.97. The summed E-state index contributed by atoms with van der Waals surface area (Å²) in [6.07, 6.45) is 1.84. The van der Waals surface area contributed by atoms with Crippen LogP contribution in [0.25, 0.3) is 11.0 Å². The number of aromatic nitrogens is 3. The number of carbonyl (C=O) groups excluding carboxylic acids is 1. The van der Waals surface area contributed by atoms with E-state index in [0.717, 1.165) is 29.6 Å². The molecule has 0 bridgehead atoms. The van der Waals surface area contributed by atoms with Crippen molar-refractivity contribution in [3.8, 4) is 0 Å². The zero-order chi connectivity index (χ0) is 17.5. The maximum Gasteiger partial charge on any atom is 0.241 e. The maximum atomic E-state index is 12.1. The highest BCUT2D eigenvalue weighted by molar-refractivity contribution is 5.87. The summed E-state index contributed by atoms with van der Waals surface area (Å²) in [5.41, 5.74) is 6.55. The van der Waals surface area contributed by atoms with Gasteiger partial charge in [0.05, 0.1) is 12.1 Å². The average molecular weight is 335 g/mol. The molecule has 2 aromatic carbocycles. The molecule has 6 nitrogen and oxygen atoms in total. The molecule has 0 aliphatic carbocycles. The van der Waals surface area contributed by atoms with E-state index >= 15 is 0 Å². The fourth-order valence-electron chi connectivity index (χ4n) is 2.56. The number of nitrogens with one attached hydrogen (secondary N) is 1. The van der Waals surface area contributed by atoms with Gasteiger partial charge in [0, 0.05) is 18.6 Å². The topological polar surface area (TPSA) is 72.2 Å². The summed E-state index contributed by atoms with van der Waals surface area (Å²) in [4.78, 5) is 12.1. The Bertz CT molecular complexity index is 870. The van der Waals surface area contributed by atoms with Gasteiger partial charge in [-0.3, -0.25) is 4.79 Å². The Kier molecular flexibility index (Phi) is 5.51. The van der Waals surface area contributed by atoms with E-state index in [1.807, 2.05) is 49.4 Å². The van der Waals surface area contributed by atoms with Crippen LogP contribution in [0.5, 0.6) is 0 Å². The molecule has 1 aromatic heterocycles. The average Bonchev–Trinajstić information content (AvgIpc) is 3.07. The van der Waals surface area contributed by atoms with Gasteiger partial charge in [0.2, 0.25) is 5.91 Å². The fraction of sp³-hybridized carbons (Fsp3) is 0.263. The number of carbonyl (C=O) groups is 1. The predicted molar refractivity (Wildman–Crippen MR) is 98.2 cm³/mol. The molecule has 0 radical (unpaired) electrons. The molecule has 3 rings (SSSR count). The van der Waals surface area contributed by atoms with Crippen molar-refractivity contribution >= 4 is 22.7 Å². The van der Waals surface area contributed by atoms with Gasteiger partial charge in [0.15, 0.2) is 0 Å². The van der Waals surface area contributed by atoms with Gasteiger partial charge in [-0.2, -0.15) is 5.10 Å². The van der Waals surface area contributed by atoms with E-state index in [9.17, 15) is 4.79 Å². The third-order valence-electron chi connectivity index (χ3n) is 3.97. The predicted octanol–water partition coefficient (Wildman–Crippen LogP) is 2.95. The zero-order valence-corrected chi connectivity index (χ0v) is 14.2. The number of aryl methyl sites for hydroxylation is 1. The summed E-state index contributed by atoms with van der Waals surface area (Å²) in [5.74, 6) is -0.126. The lowest BCUT2D eigenvalue weighted by atomic mass is 10.1. The van der Waals surface area contributed by atoms with E-state index in [1.165, 1.54) is 5.56 Å². The molecule has 128 valence electrons. The van der Waals surface area contributed by atoms with Crippen LogP contribution in [0.1, 0.15) is 25.3 Å². The van der Waals surface area contributed by atoms with Gasteiger partial charge in [-0.15, -0.1) is 5.10 Å². The SMILES string of the molecule is CC/C(Cc1ccccc1)=N\NC(=O)CCn1nnc2ccccc21. The smallest absolute Gasteiger partial charge is 0.241 e. The summed E-state index contributed by atoms with van der Waals surface area (Å²) >= 11 is 0. The summed E-state index contributed by atoms with van der Waals surface area (Å²) in [5, 5.41) is 12.4. The Morgan fingerprint density at radius 1 is 1.12 bits per heavy atom. The van der Waals surface area contributed by atoms with Gasteiger partial charge in [0.25, 0.3) is 0 Å². The molecule has 1 amide bonds. The van der Waals surface area contributed by atoms with E-state index in [4.69, 9.17) is 0 Å². The lowest BCUT2D eigenvalue weighted by molar-refractivity contribution is -0.121. The standard InChI is InChI=1S/C19H21N5O/c1-2-16(14-15-8-4-3-5-9-15)20-22-19(25)12-13-24-18-11-7-6-10-17(18)21-23-24/h3-11H,2,12-14H2,1H3,(H,22,25)/b20-16+. The van der Waals surface area contributed by atoms with Crippen LogP contribution in [-0.4, -0.2) is 26.6 Å². The number of nitrogens with zero attached hydrogens (tertiary/aromatic N) is 4. The molecule has 1 heterocycles. The molecule has 6 heteroatoms. The third kappa shape index (κ3) is 4.50. The van der Waals surface area contributed by atoms with Crippen LogP contribution >= 0.6 is 0 Å². The molecule has 0 saturated carbocycles. The van der Waals surface area contributed by atoms with Gasteiger partial charge in [0.1, 0.15) is 5.52 Å². The lowest BCUT2D eigenvalue weighted by Gasteiger charge is -2.06. The minimum atomic E-state index is -0.126. The number of benzene rings is 2. The molecule has 0 fully saturated rings. The number of hydrazone groups is 1. The van der Waals surface area contributed by atoms with E-state index in [2.05, 4.69) is 33.0 Å². The Labute approximate surface area is 146 Å². The summed E-state index contributed by atoms with van der Waals surface area (Å²) in [6.45, 7) is 2.51. The van der Waals surface area contributed by atoms with Gasteiger partial charge >= 0.3 is 0 Å². The minimum Gasteiger partial charge on any atom is -0.273 e. The molecule has 0 aliphatic rings. The van der Waals surface area contributed by atoms with Crippen molar-refractivity contribution in [3.05, 3.63) is 60.2 Å². The molecule has 0 saturated heterocycles. The molecule has 25 heavy (non-hydrogen) atoms. The van der Waals surface area contributed by atoms with Crippen LogP contribution in [0, 0.1) is 0 Å². The molecule has 0 atom stereocenters. The maximum absolute atomic E-state index is 12.1. The molecular weight excluding hydrogens is 314 g/mol. The largest absolute Gasteiger partial charge is 0.273 e. The second-order valence-corrected chi connectivity index (χ2v) is 5.78. The first-order valence-electron chi connectivity index (χ1n) is 8.42. The van der Waals surface area contributed by atoms with Gasteiger partial charge in [-0.25, -0.2) is 10.1 Å². The van der Waals surface area contributed by atoms with Crippen molar-refractivity contribution in [2.75, 3.05) is 0 Å². The van der Waals surface area contributed by atoms with Crippen LogP contribution in [0.4, 0.5) is 0 Å². The number of rotatable bonds is 7. The Morgan fingerprint density at radius 2 is 1.88 bits per heavy atom. The number of para-hydroxylation sites is 1. The van der Waals surface area contributed by atoms with E-state index in [-0.39, 0.29) is 5.91 Å². The molecule has 0 aliphatic heterocycles. The number of amides is 1. The highest BCUT2D eigenvalue weighted by Crippen LogP contribution is 2.10. The Morgan fingerprint density at radius 3 is 2.68 bits per heavy atom. The molecule has 1 N–H and O–H groups in total. The molecular formula is C19H21N5O. The molecule has 0 unspecified atom stereocenters. The molecule has 3 aromatic rings. The second-order valence-electron chi connectivity index (χ2n) is 5.78. The van der Waals surface area contributed by atoms with Crippen LogP contribution in [0.2, 0.25) is 0 Å². The van der Waals surface area contributed by atoms with Crippen molar-refractivity contribution in [1.29, 1.82) is 0 Å². The highest BCUT2D eigenvalue weighted by atomic mass is 16.2. The normalized spacial score (nSPS) is 11.6. The first kappa shape index (κ1) is 16.8. The van der Waals surface area contributed by atoms with E-state index in [1.54, 1.807) is 4.68 Å². The van der Waals surface area contributed by atoms with Crippen molar-refractivity contribution in [2.45, 2.75) is 32.7 Å². The first-order valence-corrected chi connectivity index (χ1v) is 8.42. The quantitative estimate of drug-likeness (QED) is 0.533. The van der Waals surface area contributed by atoms with Crippen LogP contribution in [-0.2, 0) is 17.8 Å². The monoisotopic (exact) mass is 335 g/mol. The van der Waals surface area contributed by atoms with Crippen molar-refractivity contribution in [3.63, 3.8) is 0 Å². The Balaban J connectivity index is 1.54. The number of hydrogen-bond donors (Lipinski definition) is 1. The molecule has 0 spiro atoms. The highest BCUT2D eigenvalue weighted by Gasteiger charge is 2.07.